The number of hydrogen-bond donors (Lipinski definition) is 0. The third-order valence-corrected chi connectivity index (χ3v) is 5.10. The lowest BCUT2D eigenvalue weighted by Crippen LogP contribution is -2.52. The Labute approximate surface area is 113 Å². The van der Waals surface area contributed by atoms with Crippen LogP contribution in [0.5, 0.6) is 0 Å². The molecule has 0 aromatic rings. The third kappa shape index (κ3) is 1.34. The van der Waals surface area contributed by atoms with E-state index in [1.165, 1.54) is 5.70 Å². The molecule has 0 aromatic carbocycles. The third-order valence-electron chi connectivity index (χ3n) is 5.10. The summed E-state index contributed by atoms with van der Waals surface area (Å²) < 4.78 is 4.87. The Morgan fingerprint density at radius 2 is 1.89 bits per heavy atom. The van der Waals surface area contributed by atoms with Crippen molar-refractivity contribution in [1.29, 1.82) is 0 Å². The maximum Gasteiger partial charge on any atom is 0.342 e. The summed E-state index contributed by atoms with van der Waals surface area (Å²) in [7, 11) is 2.05. The first kappa shape index (κ1) is 12.5. The largest absolute Gasteiger partial charge is 0.389 e. The molecule has 3 rings (SSSR count). The molecule has 2 heterocycles. The van der Waals surface area contributed by atoms with E-state index in [1.54, 1.807) is 0 Å². The topological polar surface area (TPSA) is 46.6 Å². The van der Waals surface area contributed by atoms with Crippen LogP contribution in [-0.4, -0.2) is 29.9 Å². The van der Waals surface area contributed by atoms with E-state index in [1.807, 2.05) is 6.92 Å². The molecule has 102 valence electrons. The SMILES string of the molecule is CC1=CC2C(C)=C3C(=O)OC(=O)C3C(C)(C)C2N1C. The second-order valence-electron chi connectivity index (χ2n) is 6.45. The molecule has 2 aliphatic heterocycles. The summed E-state index contributed by atoms with van der Waals surface area (Å²) in [5.41, 5.74) is 2.47. The Morgan fingerprint density at radius 1 is 1.26 bits per heavy atom. The van der Waals surface area contributed by atoms with Gasteiger partial charge >= 0.3 is 11.9 Å². The van der Waals surface area contributed by atoms with Gasteiger partial charge in [0.15, 0.2) is 0 Å². The number of nitrogens with zero attached hydrogens (tertiary/aromatic N) is 1. The number of esters is 2. The van der Waals surface area contributed by atoms with E-state index in [-0.39, 0.29) is 23.3 Å². The van der Waals surface area contributed by atoms with E-state index in [0.29, 0.717) is 5.57 Å². The molecule has 1 saturated heterocycles. The zero-order valence-electron chi connectivity index (χ0n) is 12.0. The van der Waals surface area contributed by atoms with E-state index >= 15 is 0 Å². The lowest BCUT2D eigenvalue weighted by molar-refractivity contribution is -0.154. The Balaban J connectivity index is 2.22. The van der Waals surface area contributed by atoms with Crippen molar-refractivity contribution in [3.63, 3.8) is 0 Å². The number of rotatable bonds is 0. The van der Waals surface area contributed by atoms with Gasteiger partial charge in [-0.15, -0.1) is 0 Å². The Kier molecular flexibility index (Phi) is 2.29. The summed E-state index contributed by atoms with van der Waals surface area (Å²) in [5, 5.41) is 0. The molecule has 19 heavy (non-hydrogen) atoms. The second kappa shape index (κ2) is 3.50. The molecule has 0 saturated carbocycles. The molecule has 0 bridgehead atoms. The minimum absolute atomic E-state index is 0.199. The van der Waals surface area contributed by atoms with Crippen LogP contribution in [0.15, 0.2) is 22.9 Å². The van der Waals surface area contributed by atoms with Gasteiger partial charge in [-0.2, -0.15) is 0 Å². The lowest BCUT2D eigenvalue weighted by Gasteiger charge is -2.47. The van der Waals surface area contributed by atoms with Crippen LogP contribution in [0.25, 0.3) is 0 Å². The normalized spacial score (nSPS) is 36.2. The van der Waals surface area contributed by atoms with Crippen LogP contribution in [-0.2, 0) is 14.3 Å². The number of carbonyl (C=O) groups is 2. The van der Waals surface area contributed by atoms with Crippen molar-refractivity contribution in [2.45, 2.75) is 33.7 Å². The average Bonchev–Trinajstić information content (AvgIpc) is 2.76. The van der Waals surface area contributed by atoms with E-state index in [4.69, 9.17) is 4.74 Å². The minimum atomic E-state index is -0.445. The molecule has 1 fully saturated rings. The predicted molar refractivity (Wildman–Crippen MR) is 69.9 cm³/mol. The molecule has 3 unspecified atom stereocenters. The van der Waals surface area contributed by atoms with Gasteiger partial charge in [-0.1, -0.05) is 25.5 Å². The first-order chi connectivity index (χ1) is 8.76. The molecular formula is C15H19NO3. The summed E-state index contributed by atoms with van der Waals surface area (Å²) in [5.74, 6) is -1.06. The first-order valence-corrected chi connectivity index (χ1v) is 6.64. The fraction of sp³-hybridized carbons (Fsp3) is 0.600. The van der Waals surface area contributed by atoms with Gasteiger partial charge in [-0.25, -0.2) is 4.79 Å². The summed E-state index contributed by atoms with van der Waals surface area (Å²) in [4.78, 5) is 26.2. The number of allylic oxidation sites excluding steroid dienone is 1. The number of cyclic esters (lactones) is 2. The summed E-state index contributed by atoms with van der Waals surface area (Å²) in [6.07, 6.45) is 2.20. The van der Waals surface area contributed by atoms with Gasteiger partial charge in [0.05, 0.1) is 11.5 Å². The van der Waals surface area contributed by atoms with Gasteiger partial charge in [-0.05, 0) is 13.8 Å². The van der Waals surface area contributed by atoms with Crippen molar-refractivity contribution in [3.8, 4) is 0 Å². The molecule has 0 aromatic heterocycles. The van der Waals surface area contributed by atoms with Crippen LogP contribution in [0.3, 0.4) is 0 Å². The number of fused-ring (bicyclic) bond motifs is 2. The Morgan fingerprint density at radius 3 is 2.53 bits per heavy atom. The number of ether oxygens (including phenoxy) is 1. The van der Waals surface area contributed by atoms with E-state index in [2.05, 4.69) is 38.8 Å². The van der Waals surface area contributed by atoms with Crippen molar-refractivity contribution in [2.24, 2.45) is 17.3 Å². The van der Waals surface area contributed by atoms with Gasteiger partial charge < -0.3 is 9.64 Å². The second-order valence-corrected chi connectivity index (χ2v) is 6.45. The van der Waals surface area contributed by atoms with Crippen molar-refractivity contribution in [1.82, 2.24) is 4.90 Å². The van der Waals surface area contributed by atoms with Crippen LogP contribution in [0.2, 0.25) is 0 Å². The van der Waals surface area contributed by atoms with Crippen LogP contribution in [0.1, 0.15) is 27.7 Å². The fourth-order valence-corrected chi connectivity index (χ4v) is 4.11. The van der Waals surface area contributed by atoms with Gasteiger partial charge in [-0.3, -0.25) is 4.79 Å². The van der Waals surface area contributed by atoms with E-state index in [0.717, 1.165) is 5.57 Å². The first-order valence-electron chi connectivity index (χ1n) is 6.64. The van der Waals surface area contributed by atoms with Crippen molar-refractivity contribution < 1.29 is 14.3 Å². The highest BCUT2D eigenvalue weighted by Gasteiger charge is 2.59. The minimum Gasteiger partial charge on any atom is -0.389 e. The van der Waals surface area contributed by atoms with Gasteiger partial charge in [0.25, 0.3) is 0 Å². The zero-order valence-corrected chi connectivity index (χ0v) is 12.0. The maximum absolute atomic E-state index is 12.0. The molecular weight excluding hydrogens is 242 g/mol. The lowest BCUT2D eigenvalue weighted by atomic mass is 9.60. The molecule has 3 atom stereocenters. The molecule has 1 aliphatic carbocycles. The monoisotopic (exact) mass is 261 g/mol. The highest BCUT2D eigenvalue weighted by Crippen LogP contribution is 2.54. The number of carbonyl (C=O) groups excluding carboxylic acids is 2. The van der Waals surface area contributed by atoms with Crippen molar-refractivity contribution in [3.05, 3.63) is 22.9 Å². The molecule has 4 nitrogen and oxygen atoms in total. The van der Waals surface area contributed by atoms with Crippen LogP contribution < -0.4 is 0 Å². The molecule has 4 heteroatoms. The molecule has 0 N–H and O–H groups in total. The van der Waals surface area contributed by atoms with Crippen molar-refractivity contribution >= 4 is 11.9 Å². The highest BCUT2D eigenvalue weighted by atomic mass is 16.6. The zero-order chi connectivity index (χ0) is 14.1. The molecule has 0 amide bonds. The summed E-state index contributed by atoms with van der Waals surface area (Å²) in [6.45, 7) is 8.15. The van der Waals surface area contributed by atoms with Gasteiger partial charge in [0, 0.05) is 30.1 Å². The van der Waals surface area contributed by atoms with Gasteiger partial charge in [0.2, 0.25) is 0 Å². The standard InChI is InChI=1S/C15H19NO3/c1-7-6-9-8(2)10-11(14(18)19-13(10)17)15(3,4)12(9)16(7)5/h6,9,11-12H,1-5H3. The Hall–Kier alpha value is -1.58. The number of hydrogen-bond acceptors (Lipinski definition) is 4. The maximum atomic E-state index is 12.0. The molecule has 0 radical (unpaired) electrons. The van der Waals surface area contributed by atoms with Gasteiger partial charge in [0.1, 0.15) is 0 Å². The van der Waals surface area contributed by atoms with Crippen LogP contribution in [0, 0.1) is 17.3 Å². The summed E-state index contributed by atoms with van der Waals surface area (Å²) in [6, 6.07) is 0.208. The predicted octanol–water partition coefficient (Wildman–Crippen LogP) is 1.88. The average molecular weight is 261 g/mol. The van der Waals surface area contributed by atoms with E-state index in [9.17, 15) is 9.59 Å². The smallest absolute Gasteiger partial charge is 0.342 e. The van der Waals surface area contributed by atoms with E-state index < -0.39 is 11.9 Å². The van der Waals surface area contributed by atoms with Crippen molar-refractivity contribution in [2.75, 3.05) is 7.05 Å². The summed E-state index contributed by atoms with van der Waals surface area (Å²) >= 11 is 0. The van der Waals surface area contributed by atoms with Crippen LogP contribution in [0.4, 0.5) is 0 Å². The highest BCUT2D eigenvalue weighted by molar-refractivity contribution is 6.08. The fourth-order valence-electron chi connectivity index (χ4n) is 4.11. The molecule has 0 spiro atoms. The van der Waals surface area contributed by atoms with Crippen LogP contribution >= 0.6 is 0 Å². The molecule has 3 aliphatic rings. The Bertz CT molecular complexity index is 556. The quantitative estimate of drug-likeness (QED) is 0.493.